The molecule has 1 saturated carbocycles. The highest BCUT2D eigenvalue weighted by molar-refractivity contribution is 5.08. The van der Waals surface area contributed by atoms with Crippen molar-refractivity contribution in [2.45, 2.75) is 38.6 Å². The molecule has 0 saturated heterocycles. The molecule has 3 nitrogen and oxygen atoms in total. The lowest BCUT2D eigenvalue weighted by Crippen LogP contribution is -2.55. The third-order valence-corrected chi connectivity index (χ3v) is 4.38. The van der Waals surface area contributed by atoms with Crippen molar-refractivity contribution in [1.29, 1.82) is 0 Å². The Morgan fingerprint density at radius 2 is 2.07 bits per heavy atom. The summed E-state index contributed by atoms with van der Waals surface area (Å²) in [5.74, 6) is 0. The molecule has 1 rings (SSSR count). The Hall–Kier alpha value is -0.120. The summed E-state index contributed by atoms with van der Waals surface area (Å²) in [5.41, 5.74) is 6.55. The number of methoxy groups -OCH3 is 1. The third kappa shape index (κ3) is 2.52. The molecule has 0 aromatic carbocycles. The number of hydrogen-bond acceptors (Lipinski definition) is 3. The minimum Gasteiger partial charge on any atom is -0.385 e. The molecule has 0 radical (unpaired) electrons. The van der Waals surface area contributed by atoms with Crippen LogP contribution in [0.25, 0.3) is 0 Å². The van der Waals surface area contributed by atoms with Crippen LogP contribution in [-0.2, 0) is 4.74 Å². The van der Waals surface area contributed by atoms with Crippen molar-refractivity contribution < 1.29 is 4.74 Å². The van der Waals surface area contributed by atoms with Gasteiger partial charge in [-0.25, -0.2) is 0 Å². The first-order valence-electron chi connectivity index (χ1n) is 5.90. The maximum Gasteiger partial charge on any atom is 0.0474 e. The molecule has 0 aromatic rings. The van der Waals surface area contributed by atoms with Crippen LogP contribution in [0, 0.1) is 5.41 Å². The number of ether oxygens (including phenoxy) is 1. The van der Waals surface area contributed by atoms with Crippen LogP contribution in [0.5, 0.6) is 0 Å². The van der Waals surface area contributed by atoms with Crippen LogP contribution in [0.1, 0.15) is 33.1 Å². The Kier molecular flexibility index (Phi) is 4.15. The quantitative estimate of drug-likeness (QED) is 0.652. The van der Waals surface area contributed by atoms with Crippen molar-refractivity contribution in [2.24, 2.45) is 11.1 Å². The topological polar surface area (TPSA) is 38.5 Å². The maximum atomic E-state index is 5.97. The molecular weight excluding hydrogens is 188 g/mol. The van der Waals surface area contributed by atoms with Crippen LogP contribution in [-0.4, -0.2) is 44.3 Å². The van der Waals surface area contributed by atoms with Crippen LogP contribution in [0.15, 0.2) is 0 Å². The molecule has 0 aromatic heterocycles. The van der Waals surface area contributed by atoms with E-state index >= 15 is 0 Å². The van der Waals surface area contributed by atoms with Gasteiger partial charge in [0, 0.05) is 32.3 Å². The van der Waals surface area contributed by atoms with Crippen molar-refractivity contribution in [3.8, 4) is 0 Å². The van der Waals surface area contributed by atoms with Gasteiger partial charge in [-0.15, -0.1) is 0 Å². The summed E-state index contributed by atoms with van der Waals surface area (Å²) >= 11 is 0. The second kappa shape index (κ2) is 4.81. The minimum atomic E-state index is 0.154. The summed E-state index contributed by atoms with van der Waals surface area (Å²) in [6, 6.07) is 0. The summed E-state index contributed by atoms with van der Waals surface area (Å²) in [5, 5.41) is 0. The Morgan fingerprint density at radius 3 is 2.47 bits per heavy atom. The highest BCUT2D eigenvalue weighted by Crippen LogP contribution is 2.55. The van der Waals surface area contributed by atoms with Crippen molar-refractivity contribution in [1.82, 2.24) is 4.90 Å². The smallest absolute Gasteiger partial charge is 0.0474 e. The van der Waals surface area contributed by atoms with Crippen LogP contribution in [0.4, 0.5) is 0 Å². The molecule has 3 heteroatoms. The molecule has 2 N–H and O–H groups in total. The van der Waals surface area contributed by atoms with Gasteiger partial charge in [0.25, 0.3) is 0 Å². The van der Waals surface area contributed by atoms with E-state index in [0.717, 1.165) is 26.1 Å². The van der Waals surface area contributed by atoms with Gasteiger partial charge in [0.05, 0.1) is 0 Å². The fraction of sp³-hybridized carbons (Fsp3) is 1.00. The molecule has 1 aliphatic rings. The van der Waals surface area contributed by atoms with Crippen molar-refractivity contribution >= 4 is 0 Å². The molecule has 1 fully saturated rings. The van der Waals surface area contributed by atoms with Gasteiger partial charge in [0.1, 0.15) is 0 Å². The molecule has 0 heterocycles. The van der Waals surface area contributed by atoms with E-state index in [-0.39, 0.29) is 5.54 Å². The second-order valence-corrected chi connectivity index (χ2v) is 5.31. The van der Waals surface area contributed by atoms with Crippen molar-refractivity contribution in [2.75, 3.05) is 33.9 Å². The van der Waals surface area contributed by atoms with E-state index in [4.69, 9.17) is 10.5 Å². The monoisotopic (exact) mass is 214 g/mol. The normalized spacial score (nSPS) is 22.8. The lowest BCUT2D eigenvalue weighted by atomic mass is 9.82. The zero-order valence-corrected chi connectivity index (χ0v) is 10.7. The highest BCUT2D eigenvalue weighted by atomic mass is 16.5. The van der Waals surface area contributed by atoms with E-state index in [1.807, 2.05) is 0 Å². The van der Waals surface area contributed by atoms with Crippen LogP contribution in [0.3, 0.4) is 0 Å². The van der Waals surface area contributed by atoms with Gasteiger partial charge in [0.15, 0.2) is 0 Å². The summed E-state index contributed by atoms with van der Waals surface area (Å²) in [7, 11) is 3.94. The number of likely N-dealkylation sites (N-methyl/N-ethyl adjacent to an activating group) is 1. The SMILES string of the molecule is COCCCN(C)C(C)(CN)C1(C)CC1. The van der Waals surface area contributed by atoms with Gasteiger partial charge >= 0.3 is 0 Å². The Balaban J connectivity index is 2.49. The molecule has 1 aliphatic carbocycles. The van der Waals surface area contributed by atoms with Gasteiger partial charge in [-0.3, -0.25) is 4.90 Å². The molecule has 90 valence electrons. The molecule has 0 spiro atoms. The standard InChI is InChI=1S/C12H26N2O/c1-11(6-7-11)12(2,10-13)14(3)8-5-9-15-4/h5-10,13H2,1-4H3. The van der Waals surface area contributed by atoms with E-state index in [2.05, 4.69) is 25.8 Å². The lowest BCUT2D eigenvalue weighted by Gasteiger charge is -2.43. The Morgan fingerprint density at radius 1 is 1.47 bits per heavy atom. The van der Waals surface area contributed by atoms with E-state index < -0.39 is 0 Å². The second-order valence-electron chi connectivity index (χ2n) is 5.31. The van der Waals surface area contributed by atoms with Crippen LogP contribution < -0.4 is 5.73 Å². The predicted molar refractivity (Wildman–Crippen MR) is 63.9 cm³/mol. The van der Waals surface area contributed by atoms with Gasteiger partial charge in [-0.2, -0.15) is 0 Å². The minimum absolute atomic E-state index is 0.154. The van der Waals surface area contributed by atoms with Crippen LogP contribution in [0.2, 0.25) is 0 Å². The molecule has 1 atom stereocenters. The molecule has 0 aliphatic heterocycles. The van der Waals surface area contributed by atoms with E-state index in [0.29, 0.717) is 5.41 Å². The lowest BCUT2D eigenvalue weighted by molar-refractivity contribution is 0.0632. The van der Waals surface area contributed by atoms with Gasteiger partial charge < -0.3 is 10.5 Å². The summed E-state index contributed by atoms with van der Waals surface area (Å²) in [6.45, 7) is 7.30. The van der Waals surface area contributed by atoms with E-state index in [9.17, 15) is 0 Å². The highest BCUT2D eigenvalue weighted by Gasteiger charge is 2.53. The van der Waals surface area contributed by atoms with Gasteiger partial charge in [0.2, 0.25) is 0 Å². The summed E-state index contributed by atoms with van der Waals surface area (Å²) in [6.07, 6.45) is 3.71. The van der Waals surface area contributed by atoms with Gasteiger partial charge in [-0.1, -0.05) is 6.92 Å². The zero-order chi connectivity index (χ0) is 11.5. The average molecular weight is 214 g/mol. The fourth-order valence-electron chi connectivity index (χ4n) is 2.28. The fourth-order valence-corrected chi connectivity index (χ4v) is 2.28. The number of rotatable bonds is 7. The molecule has 15 heavy (non-hydrogen) atoms. The van der Waals surface area contributed by atoms with Crippen LogP contribution >= 0.6 is 0 Å². The summed E-state index contributed by atoms with van der Waals surface area (Å²) < 4.78 is 5.08. The van der Waals surface area contributed by atoms with E-state index in [1.54, 1.807) is 7.11 Å². The maximum absolute atomic E-state index is 5.97. The van der Waals surface area contributed by atoms with Crippen molar-refractivity contribution in [3.05, 3.63) is 0 Å². The van der Waals surface area contributed by atoms with E-state index in [1.165, 1.54) is 12.8 Å². The first-order chi connectivity index (χ1) is 7.00. The number of nitrogens with zero attached hydrogens (tertiary/aromatic N) is 1. The third-order valence-electron chi connectivity index (χ3n) is 4.38. The summed E-state index contributed by atoms with van der Waals surface area (Å²) in [4.78, 5) is 2.42. The number of nitrogens with two attached hydrogens (primary N) is 1. The molecule has 0 bridgehead atoms. The first kappa shape index (κ1) is 12.9. The van der Waals surface area contributed by atoms with Crippen molar-refractivity contribution in [3.63, 3.8) is 0 Å². The molecule has 1 unspecified atom stereocenters. The Labute approximate surface area is 94.0 Å². The largest absolute Gasteiger partial charge is 0.385 e. The molecular formula is C12H26N2O. The first-order valence-corrected chi connectivity index (χ1v) is 5.90. The average Bonchev–Trinajstić information content (AvgIpc) is 2.97. The predicted octanol–water partition coefficient (Wildman–Crippen LogP) is 1.47. The zero-order valence-electron chi connectivity index (χ0n) is 10.7. The Bertz CT molecular complexity index is 204. The molecule has 0 amide bonds. The number of hydrogen-bond donors (Lipinski definition) is 1. The van der Waals surface area contributed by atoms with Gasteiger partial charge in [-0.05, 0) is 38.6 Å².